The Hall–Kier alpha value is -3.07. The summed E-state index contributed by atoms with van der Waals surface area (Å²) in [5.41, 5.74) is 2.95. The first-order valence-electron chi connectivity index (χ1n) is 13.8. The molecule has 2 amide bonds. The van der Waals surface area contributed by atoms with E-state index in [2.05, 4.69) is 5.32 Å². The minimum Gasteiger partial charge on any atom is -0.350 e. The summed E-state index contributed by atoms with van der Waals surface area (Å²) in [6.07, 6.45) is 0.309. The second-order valence-electron chi connectivity index (χ2n) is 11.5. The number of hydrogen-bond donors (Lipinski definition) is 1. The highest BCUT2D eigenvalue weighted by Crippen LogP contribution is 2.29. The third-order valence-corrected chi connectivity index (χ3v) is 9.26. The van der Waals surface area contributed by atoms with E-state index in [0.717, 1.165) is 15.4 Å². The van der Waals surface area contributed by atoms with Crippen LogP contribution in [0.5, 0.6) is 0 Å². The van der Waals surface area contributed by atoms with Gasteiger partial charge < -0.3 is 10.2 Å². The molecule has 0 aromatic heterocycles. The number of sulfonamides is 1. The number of aryl methyl sites for hydroxylation is 3. The zero-order valence-corrected chi connectivity index (χ0v) is 27.5. The summed E-state index contributed by atoms with van der Waals surface area (Å²) < 4.78 is 29.4. The molecule has 42 heavy (non-hydrogen) atoms. The fourth-order valence-corrected chi connectivity index (χ4v) is 6.34. The van der Waals surface area contributed by atoms with E-state index in [9.17, 15) is 18.0 Å². The van der Waals surface area contributed by atoms with Gasteiger partial charge in [0.25, 0.3) is 10.0 Å². The van der Waals surface area contributed by atoms with Crippen LogP contribution in [0.3, 0.4) is 0 Å². The number of nitrogens with one attached hydrogen (secondary N) is 1. The fourth-order valence-electron chi connectivity index (χ4n) is 4.55. The molecular formula is C32H39Cl2N3O4S. The Bertz CT molecular complexity index is 1550. The molecule has 0 bridgehead atoms. The van der Waals surface area contributed by atoms with E-state index in [1.165, 1.54) is 17.0 Å². The molecule has 3 rings (SSSR count). The molecule has 0 aliphatic carbocycles. The molecular weight excluding hydrogens is 593 g/mol. The molecule has 0 heterocycles. The van der Waals surface area contributed by atoms with Crippen molar-refractivity contribution in [2.75, 3.05) is 10.8 Å². The number of hydrogen-bond acceptors (Lipinski definition) is 4. The molecule has 1 atom stereocenters. The standard InChI is InChI=1S/C32H39Cl2N3O4S/c1-8-28(31(39)35-32(5,6)7)36(19-24-13-16-26(33)27(34)18-24)30(38)20-37(29-17-22(3)9-12-23(29)4)42(40,41)25-14-10-21(2)11-15-25/h9-18,28H,8,19-20H2,1-7H3,(H,35,39)/t28-/m1/s1. The van der Waals surface area contributed by atoms with Crippen molar-refractivity contribution >= 4 is 50.7 Å². The molecule has 0 spiro atoms. The van der Waals surface area contributed by atoms with Gasteiger partial charge in [-0.15, -0.1) is 0 Å². The van der Waals surface area contributed by atoms with Crippen LogP contribution in [0.4, 0.5) is 5.69 Å². The molecule has 3 aromatic rings. The Morgan fingerprint density at radius 2 is 1.50 bits per heavy atom. The highest BCUT2D eigenvalue weighted by molar-refractivity contribution is 7.92. The molecule has 226 valence electrons. The van der Waals surface area contributed by atoms with E-state index < -0.39 is 34.1 Å². The summed E-state index contributed by atoms with van der Waals surface area (Å²) >= 11 is 12.4. The van der Waals surface area contributed by atoms with Gasteiger partial charge in [0, 0.05) is 12.1 Å². The van der Waals surface area contributed by atoms with E-state index in [1.54, 1.807) is 43.3 Å². The largest absolute Gasteiger partial charge is 0.350 e. The lowest BCUT2D eigenvalue weighted by molar-refractivity contribution is -0.141. The molecule has 0 radical (unpaired) electrons. The van der Waals surface area contributed by atoms with Crippen LogP contribution in [0.2, 0.25) is 10.0 Å². The third kappa shape index (κ3) is 8.27. The van der Waals surface area contributed by atoms with Crippen LogP contribution in [0.15, 0.2) is 65.6 Å². The smallest absolute Gasteiger partial charge is 0.264 e. The second-order valence-corrected chi connectivity index (χ2v) is 14.2. The summed E-state index contributed by atoms with van der Waals surface area (Å²) in [6, 6.07) is 16.1. The van der Waals surface area contributed by atoms with Crippen molar-refractivity contribution in [2.45, 2.75) is 77.9 Å². The normalized spacial score (nSPS) is 12.5. The molecule has 7 nitrogen and oxygen atoms in total. The number of benzene rings is 3. The number of carbonyl (C=O) groups is 2. The van der Waals surface area contributed by atoms with Gasteiger partial charge in [-0.3, -0.25) is 13.9 Å². The highest BCUT2D eigenvalue weighted by atomic mass is 35.5. The van der Waals surface area contributed by atoms with E-state index >= 15 is 0 Å². The molecule has 3 aromatic carbocycles. The van der Waals surface area contributed by atoms with E-state index in [4.69, 9.17) is 23.2 Å². The summed E-state index contributed by atoms with van der Waals surface area (Å²) in [4.78, 5) is 29.2. The van der Waals surface area contributed by atoms with Gasteiger partial charge in [0.1, 0.15) is 12.6 Å². The van der Waals surface area contributed by atoms with E-state index in [0.29, 0.717) is 33.3 Å². The Morgan fingerprint density at radius 1 is 0.881 bits per heavy atom. The molecule has 0 fully saturated rings. The molecule has 0 aliphatic heterocycles. The Kier molecular flexibility index (Phi) is 10.7. The average Bonchev–Trinajstić information content (AvgIpc) is 2.89. The van der Waals surface area contributed by atoms with E-state index in [1.807, 2.05) is 53.7 Å². The Morgan fingerprint density at radius 3 is 2.07 bits per heavy atom. The topological polar surface area (TPSA) is 86.8 Å². The third-order valence-electron chi connectivity index (χ3n) is 6.74. The maximum atomic E-state index is 14.3. The monoisotopic (exact) mass is 631 g/mol. The average molecular weight is 633 g/mol. The summed E-state index contributed by atoms with van der Waals surface area (Å²) in [5.74, 6) is -0.869. The number of carbonyl (C=O) groups excluding carboxylic acids is 2. The van der Waals surface area contributed by atoms with Gasteiger partial charge in [0.05, 0.1) is 20.6 Å². The fraction of sp³-hybridized carbons (Fsp3) is 0.375. The summed E-state index contributed by atoms with van der Waals surface area (Å²) in [7, 11) is -4.16. The van der Waals surface area contributed by atoms with Crippen LogP contribution in [-0.4, -0.2) is 43.3 Å². The number of nitrogens with zero attached hydrogens (tertiary/aromatic N) is 2. The molecule has 0 aliphatic rings. The van der Waals surface area contributed by atoms with Crippen LogP contribution in [0, 0.1) is 20.8 Å². The van der Waals surface area contributed by atoms with Crippen molar-refractivity contribution in [1.29, 1.82) is 0 Å². The van der Waals surface area contributed by atoms with E-state index in [-0.39, 0.29) is 17.3 Å². The van der Waals surface area contributed by atoms with Crippen LogP contribution >= 0.6 is 23.2 Å². The Labute approximate surface area is 259 Å². The Balaban J connectivity index is 2.13. The maximum Gasteiger partial charge on any atom is 0.264 e. The zero-order valence-electron chi connectivity index (χ0n) is 25.2. The molecule has 0 saturated carbocycles. The van der Waals surface area contributed by atoms with Crippen molar-refractivity contribution in [3.63, 3.8) is 0 Å². The van der Waals surface area contributed by atoms with Gasteiger partial charge in [-0.05, 0) is 95.0 Å². The van der Waals surface area contributed by atoms with Crippen molar-refractivity contribution in [3.8, 4) is 0 Å². The molecule has 0 unspecified atom stereocenters. The summed E-state index contributed by atoms with van der Waals surface area (Å²) in [6.45, 7) is 12.4. The van der Waals surface area contributed by atoms with Crippen LogP contribution < -0.4 is 9.62 Å². The first kappa shape index (κ1) is 33.4. The van der Waals surface area contributed by atoms with Gasteiger partial charge in [-0.1, -0.05) is 66.0 Å². The molecule has 10 heteroatoms. The van der Waals surface area contributed by atoms with Gasteiger partial charge >= 0.3 is 0 Å². The van der Waals surface area contributed by atoms with Crippen molar-refractivity contribution in [2.24, 2.45) is 0 Å². The lowest BCUT2D eigenvalue weighted by Crippen LogP contribution is -2.55. The van der Waals surface area contributed by atoms with Crippen LogP contribution in [0.25, 0.3) is 0 Å². The SMILES string of the molecule is CC[C@H](C(=O)NC(C)(C)C)N(Cc1ccc(Cl)c(Cl)c1)C(=O)CN(c1cc(C)ccc1C)S(=O)(=O)c1ccc(C)cc1. The lowest BCUT2D eigenvalue weighted by atomic mass is 10.1. The van der Waals surface area contributed by atoms with Crippen molar-refractivity contribution in [1.82, 2.24) is 10.2 Å². The highest BCUT2D eigenvalue weighted by Gasteiger charge is 2.35. The van der Waals surface area contributed by atoms with Crippen molar-refractivity contribution in [3.05, 3.63) is 93.0 Å². The minimum absolute atomic E-state index is 0.0248. The molecule has 1 N–H and O–H groups in total. The quantitative estimate of drug-likeness (QED) is 0.265. The van der Waals surface area contributed by atoms with Crippen LogP contribution in [0.1, 0.15) is 56.4 Å². The van der Waals surface area contributed by atoms with Crippen molar-refractivity contribution < 1.29 is 18.0 Å². The number of halogens is 2. The van der Waals surface area contributed by atoms with Gasteiger partial charge in [-0.2, -0.15) is 0 Å². The number of rotatable bonds is 10. The second kappa shape index (κ2) is 13.5. The number of amides is 2. The molecule has 0 saturated heterocycles. The van der Waals surface area contributed by atoms with Gasteiger partial charge in [0.15, 0.2) is 0 Å². The summed E-state index contributed by atoms with van der Waals surface area (Å²) in [5, 5.41) is 3.64. The van der Waals surface area contributed by atoms with Crippen LogP contribution in [-0.2, 0) is 26.2 Å². The minimum atomic E-state index is -4.16. The first-order chi connectivity index (χ1) is 19.5. The van der Waals surface area contributed by atoms with Gasteiger partial charge in [0.2, 0.25) is 11.8 Å². The zero-order chi connectivity index (χ0) is 31.4. The maximum absolute atomic E-state index is 14.3. The van der Waals surface area contributed by atoms with Gasteiger partial charge in [-0.25, -0.2) is 8.42 Å². The predicted molar refractivity (Wildman–Crippen MR) is 171 cm³/mol. The predicted octanol–water partition coefficient (Wildman–Crippen LogP) is 6.84. The lowest BCUT2D eigenvalue weighted by Gasteiger charge is -2.35. The first-order valence-corrected chi connectivity index (χ1v) is 15.9. The number of anilines is 1.